The zero-order valence-corrected chi connectivity index (χ0v) is 17.8. The monoisotopic (exact) mass is 486 g/mol. The Balaban J connectivity index is 2.24. The van der Waals surface area contributed by atoms with Crippen molar-refractivity contribution in [1.82, 2.24) is 0 Å². The minimum absolute atomic E-state index is 0.123. The molecule has 0 bridgehead atoms. The molecule has 2 atom stereocenters. The number of rotatable bonds is 8. The lowest BCUT2D eigenvalue weighted by molar-refractivity contribution is -0.384. The number of nitrogens with zero attached hydrogens (tertiary/aromatic N) is 1. The second-order valence-electron chi connectivity index (χ2n) is 6.69. The second-order valence-corrected chi connectivity index (χ2v) is 9.11. The number of nitro groups is 1. The lowest BCUT2D eigenvalue weighted by Crippen LogP contribution is -2.28. The first-order chi connectivity index (χ1) is 15.6. The van der Waals surface area contributed by atoms with E-state index in [1.54, 1.807) is 6.07 Å². The summed E-state index contributed by atoms with van der Waals surface area (Å²) in [4.78, 5) is 10.2. The van der Waals surface area contributed by atoms with Crippen LogP contribution in [0.3, 0.4) is 0 Å². The summed E-state index contributed by atoms with van der Waals surface area (Å²) in [5.74, 6) is -13.1. The average molecular weight is 486 g/mol. The third-order valence-electron chi connectivity index (χ3n) is 4.66. The summed E-state index contributed by atoms with van der Waals surface area (Å²) >= 11 is 0. The molecule has 33 heavy (non-hydrogen) atoms. The Morgan fingerprint density at radius 2 is 1.42 bits per heavy atom. The molecule has 0 saturated heterocycles. The highest BCUT2D eigenvalue weighted by molar-refractivity contribution is 7.67. The number of non-ortho nitro benzene ring substituents is 1. The van der Waals surface area contributed by atoms with E-state index in [1.807, 2.05) is 0 Å². The van der Waals surface area contributed by atoms with Gasteiger partial charge in [0.25, 0.3) is 13.1 Å². The van der Waals surface area contributed by atoms with Crippen molar-refractivity contribution in [3.63, 3.8) is 0 Å². The van der Waals surface area contributed by atoms with E-state index in [2.05, 4.69) is 5.32 Å². The smallest absolute Gasteiger partial charge is 0.269 e. The third-order valence-corrected chi connectivity index (χ3v) is 7.42. The van der Waals surface area contributed by atoms with E-state index in [9.17, 15) is 36.6 Å². The molecule has 3 aromatic rings. The van der Waals surface area contributed by atoms with Crippen LogP contribution in [0.5, 0.6) is 0 Å². The van der Waals surface area contributed by atoms with Crippen molar-refractivity contribution in [2.45, 2.75) is 12.7 Å². The molecule has 0 radical (unpaired) electrons. The highest BCUT2D eigenvalue weighted by atomic mass is 31.2. The molecule has 174 valence electrons. The molecule has 0 aromatic heterocycles. The van der Waals surface area contributed by atoms with Crippen LogP contribution in [0, 0.1) is 39.2 Å². The van der Waals surface area contributed by atoms with Crippen LogP contribution in [0.25, 0.3) is 0 Å². The predicted octanol–water partition coefficient (Wildman–Crippen LogP) is 6.04. The largest absolute Gasteiger partial charge is 0.370 e. The van der Waals surface area contributed by atoms with Gasteiger partial charge in [-0.05, 0) is 24.6 Å². The molecule has 1 N–H and O–H groups in total. The fourth-order valence-corrected chi connectivity index (χ4v) is 5.71. The molecule has 0 saturated carbocycles. The van der Waals surface area contributed by atoms with Crippen LogP contribution < -0.4 is 10.6 Å². The van der Waals surface area contributed by atoms with E-state index in [-0.39, 0.29) is 23.5 Å². The molecule has 3 rings (SSSR count). The van der Waals surface area contributed by atoms with Crippen molar-refractivity contribution in [2.24, 2.45) is 0 Å². The number of benzene rings is 3. The summed E-state index contributed by atoms with van der Waals surface area (Å²) in [5.41, 5.74) is 0.0133. The van der Waals surface area contributed by atoms with E-state index in [4.69, 9.17) is 4.52 Å². The van der Waals surface area contributed by atoms with Crippen LogP contribution in [-0.4, -0.2) is 11.5 Å². The molecule has 0 aliphatic heterocycles. The Labute approximate surface area is 184 Å². The summed E-state index contributed by atoms with van der Waals surface area (Å²) in [6, 6.07) is 12.2. The van der Waals surface area contributed by atoms with Crippen LogP contribution >= 0.6 is 7.37 Å². The molecule has 0 aliphatic rings. The number of nitrogens with one attached hydrogen (secondary N) is 1. The minimum atomic E-state index is -4.89. The van der Waals surface area contributed by atoms with Gasteiger partial charge in [-0.1, -0.05) is 30.3 Å². The number of halogens is 5. The molecule has 0 heterocycles. The highest BCUT2D eigenvalue weighted by Gasteiger charge is 2.45. The second kappa shape index (κ2) is 9.68. The average Bonchev–Trinajstić information content (AvgIpc) is 2.81. The molecule has 0 fully saturated rings. The Morgan fingerprint density at radius 3 is 1.91 bits per heavy atom. The van der Waals surface area contributed by atoms with Gasteiger partial charge in [-0.15, -0.1) is 0 Å². The number of hydrogen-bond acceptors (Lipinski definition) is 5. The van der Waals surface area contributed by atoms with Crippen LogP contribution in [0.4, 0.5) is 33.3 Å². The van der Waals surface area contributed by atoms with Crippen molar-refractivity contribution in [2.75, 3.05) is 11.9 Å². The molecular weight excluding hydrogens is 470 g/mol. The zero-order valence-electron chi connectivity index (χ0n) is 16.9. The maximum absolute atomic E-state index is 14.7. The summed E-state index contributed by atoms with van der Waals surface area (Å²) < 4.78 is 90.2. The summed E-state index contributed by atoms with van der Waals surface area (Å²) in [6.45, 7) is 0.953. The van der Waals surface area contributed by atoms with Gasteiger partial charge < -0.3 is 9.84 Å². The summed E-state index contributed by atoms with van der Waals surface area (Å²) in [5, 5.41) is 12.0. The van der Waals surface area contributed by atoms with Crippen LogP contribution in [0.1, 0.15) is 18.3 Å². The van der Waals surface area contributed by atoms with E-state index < -0.39 is 52.5 Å². The molecule has 0 amide bonds. The fraction of sp³-hybridized carbons (Fsp3) is 0.143. The first kappa shape index (κ1) is 24.3. The van der Waals surface area contributed by atoms with E-state index >= 15 is 0 Å². The van der Waals surface area contributed by atoms with Crippen molar-refractivity contribution in [3.05, 3.63) is 99.4 Å². The number of anilines is 1. The molecular formula is C21H16F5N2O4P. The lowest BCUT2D eigenvalue weighted by atomic mass is 10.2. The molecule has 3 aromatic carbocycles. The minimum Gasteiger partial charge on any atom is -0.370 e. The Kier molecular flexibility index (Phi) is 7.14. The summed E-state index contributed by atoms with van der Waals surface area (Å²) in [7, 11) is -4.89. The molecule has 0 aliphatic carbocycles. The van der Waals surface area contributed by atoms with Crippen LogP contribution in [0.2, 0.25) is 0 Å². The first-order valence-corrected chi connectivity index (χ1v) is 11.1. The molecule has 0 unspecified atom stereocenters. The van der Waals surface area contributed by atoms with Crippen LogP contribution in [-0.2, 0) is 9.09 Å². The fourth-order valence-electron chi connectivity index (χ4n) is 3.16. The van der Waals surface area contributed by atoms with Gasteiger partial charge >= 0.3 is 0 Å². The quantitative estimate of drug-likeness (QED) is 0.105. The van der Waals surface area contributed by atoms with E-state index in [1.165, 1.54) is 43.3 Å². The van der Waals surface area contributed by atoms with Gasteiger partial charge in [-0.2, -0.15) is 0 Å². The summed E-state index contributed by atoms with van der Waals surface area (Å²) in [6.07, 6.45) is 0. The first-order valence-electron chi connectivity index (χ1n) is 9.44. The number of nitro benzene ring substituents is 1. The van der Waals surface area contributed by atoms with Gasteiger partial charge in [0.05, 0.1) is 11.5 Å². The Morgan fingerprint density at radius 1 is 0.909 bits per heavy atom. The maximum Gasteiger partial charge on any atom is 0.269 e. The van der Waals surface area contributed by atoms with Crippen LogP contribution in [0.15, 0.2) is 54.6 Å². The van der Waals surface area contributed by atoms with Gasteiger partial charge in [0.1, 0.15) is 11.1 Å². The van der Waals surface area contributed by atoms with Gasteiger partial charge in [-0.25, -0.2) is 22.0 Å². The molecule has 12 heteroatoms. The lowest BCUT2D eigenvalue weighted by Gasteiger charge is -2.30. The van der Waals surface area contributed by atoms with E-state index in [0.717, 1.165) is 12.1 Å². The van der Waals surface area contributed by atoms with Crippen molar-refractivity contribution in [1.29, 1.82) is 0 Å². The zero-order chi connectivity index (χ0) is 24.3. The third kappa shape index (κ3) is 4.60. The molecule has 6 nitrogen and oxygen atoms in total. The Hall–Kier alpha value is -3.30. The number of hydrogen-bond donors (Lipinski definition) is 1. The highest BCUT2D eigenvalue weighted by Crippen LogP contribution is 2.60. The van der Waals surface area contributed by atoms with Crippen molar-refractivity contribution in [3.8, 4) is 0 Å². The van der Waals surface area contributed by atoms with Crippen molar-refractivity contribution >= 4 is 24.0 Å². The van der Waals surface area contributed by atoms with Gasteiger partial charge in [-0.3, -0.25) is 14.7 Å². The standard InChI is InChI=1S/C21H16F5N2O4P/c1-2-32-33(31,20-18(25)16(23)15(22)17(24)19(20)26)21(12-6-4-3-5-7-12)27-13-8-10-14(11-9-13)28(29)30/h3-11,21,27H,2H2,1H3/t21-,33-/m0/s1. The maximum atomic E-state index is 14.7. The topological polar surface area (TPSA) is 81.5 Å². The van der Waals surface area contributed by atoms with Gasteiger partial charge in [0.15, 0.2) is 23.3 Å². The van der Waals surface area contributed by atoms with Crippen molar-refractivity contribution < 1.29 is 36.0 Å². The SMILES string of the molecule is CCO[P@@](=O)(c1c(F)c(F)c(F)c(F)c1F)[C@H](Nc1ccc([N+](=O)[O-])cc1)c1ccccc1. The predicted molar refractivity (Wildman–Crippen MR) is 111 cm³/mol. The van der Waals surface area contributed by atoms with E-state index in [0.29, 0.717) is 0 Å². The Bertz CT molecular complexity index is 1200. The van der Waals surface area contributed by atoms with Gasteiger partial charge in [0.2, 0.25) is 5.82 Å². The van der Waals surface area contributed by atoms with Gasteiger partial charge in [0, 0.05) is 17.8 Å². The molecule has 0 spiro atoms. The normalized spacial score (nSPS) is 13.9.